The first-order chi connectivity index (χ1) is 21.3. The molecule has 0 radical (unpaired) electrons. The van der Waals surface area contributed by atoms with Gasteiger partial charge in [0.05, 0.1) is 37.8 Å². The minimum atomic E-state index is -0.507. The van der Waals surface area contributed by atoms with Gasteiger partial charge in [0.25, 0.3) is 0 Å². The number of allylic oxidation sites excluding steroid dienone is 2. The van der Waals surface area contributed by atoms with Crippen LogP contribution in [-0.2, 0) is 6.42 Å². The summed E-state index contributed by atoms with van der Waals surface area (Å²) in [7, 11) is 3.22. The maximum Gasteiger partial charge on any atom is 0.201 e. The molecule has 0 amide bonds. The van der Waals surface area contributed by atoms with Crippen molar-refractivity contribution in [2.24, 2.45) is 0 Å². The monoisotopic (exact) mass is 590 g/mol. The Bertz CT molecular complexity index is 1790. The molecule has 0 bridgehead atoms. The number of aromatic nitrogens is 2. The van der Waals surface area contributed by atoms with Gasteiger partial charge in [0.2, 0.25) is 11.6 Å². The Morgan fingerprint density at radius 2 is 1.55 bits per heavy atom. The van der Waals surface area contributed by atoms with Crippen molar-refractivity contribution in [3.63, 3.8) is 0 Å². The van der Waals surface area contributed by atoms with E-state index in [4.69, 9.17) is 18.9 Å². The third-order valence-corrected chi connectivity index (χ3v) is 7.86. The predicted octanol–water partition coefficient (Wildman–Crippen LogP) is 7.06. The second kappa shape index (κ2) is 11.8. The number of fused-ring (bicyclic) bond motifs is 3. The number of hydrogen-bond donors (Lipinski definition) is 2. The van der Waals surface area contributed by atoms with Crippen LogP contribution in [0.2, 0.25) is 0 Å². The molecule has 4 aromatic rings. The molecule has 44 heavy (non-hydrogen) atoms. The first-order valence-electron chi connectivity index (χ1n) is 14.4. The number of ether oxygens (including phenoxy) is 4. The largest absolute Gasteiger partial charge is 0.496 e. The number of benzene rings is 2. The van der Waals surface area contributed by atoms with Crippen molar-refractivity contribution in [1.29, 1.82) is 0 Å². The average Bonchev–Trinajstić information content (AvgIpc) is 3.77. The molecule has 6 rings (SSSR count). The van der Waals surface area contributed by atoms with Gasteiger partial charge in [0.1, 0.15) is 28.6 Å². The SMILES string of the molecule is COc1cc(OC)c([C@@H]2COc3c(cc(/C=C/C(=O)c4ccc[nH]4)c4c3C=CC(C)(C)O4)C2)cc1/C=C/C(=O)c1ccc[nH]1. The Hall–Kier alpha value is -5.24. The van der Waals surface area contributed by atoms with Crippen molar-refractivity contribution in [3.8, 4) is 23.0 Å². The standard InChI is InChI=1S/C36H34N2O6/c1-36(2)14-13-26-34-24(17-23(35(26)44-36)10-12-31(40)29-8-6-16-38-29)18-25(21-43-34)27-19-22(32(41-3)20-33(27)42-4)9-11-30(39)28-7-5-15-37-28/h5-17,19-20,25,37-38H,18,21H2,1-4H3/b11-9+,12-10+/t25-/m0/s1. The van der Waals surface area contributed by atoms with E-state index in [1.165, 1.54) is 6.08 Å². The lowest BCUT2D eigenvalue weighted by molar-refractivity contribution is 0.103. The van der Waals surface area contributed by atoms with Gasteiger partial charge >= 0.3 is 0 Å². The third kappa shape index (κ3) is 5.71. The van der Waals surface area contributed by atoms with Crippen LogP contribution in [0, 0.1) is 0 Å². The molecule has 0 unspecified atom stereocenters. The van der Waals surface area contributed by atoms with E-state index in [9.17, 15) is 9.59 Å². The van der Waals surface area contributed by atoms with E-state index in [0.717, 1.165) is 33.6 Å². The lowest BCUT2D eigenvalue weighted by atomic mass is 9.85. The Labute approximate surface area is 256 Å². The first-order valence-corrected chi connectivity index (χ1v) is 14.4. The van der Waals surface area contributed by atoms with Gasteiger partial charge in [-0.3, -0.25) is 9.59 Å². The summed E-state index contributed by atoms with van der Waals surface area (Å²) in [6.45, 7) is 4.41. The predicted molar refractivity (Wildman–Crippen MR) is 170 cm³/mol. The Morgan fingerprint density at radius 3 is 2.16 bits per heavy atom. The van der Waals surface area contributed by atoms with Crippen molar-refractivity contribution in [1.82, 2.24) is 9.97 Å². The number of aromatic amines is 2. The summed E-state index contributed by atoms with van der Waals surface area (Å²) in [5.41, 5.74) is 4.87. The number of ketones is 2. The van der Waals surface area contributed by atoms with E-state index in [0.29, 0.717) is 41.7 Å². The summed E-state index contributed by atoms with van der Waals surface area (Å²) < 4.78 is 24.3. The van der Waals surface area contributed by atoms with Crippen LogP contribution in [0.4, 0.5) is 0 Å². The summed E-state index contributed by atoms with van der Waals surface area (Å²) in [6.07, 6.45) is 14.8. The molecule has 4 heterocycles. The molecule has 2 aliphatic rings. The normalized spacial score (nSPS) is 16.7. The molecular formula is C36H34N2O6. The molecule has 0 spiro atoms. The number of nitrogens with one attached hydrogen (secondary N) is 2. The van der Waals surface area contributed by atoms with Gasteiger partial charge < -0.3 is 28.9 Å². The molecule has 2 aromatic heterocycles. The van der Waals surface area contributed by atoms with Gasteiger partial charge in [-0.15, -0.1) is 0 Å². The number of H-pyrrole nitrogens is 2. The van der Waals surface area contributed by atoms with Crippen LogP contribution >= 0.6 is 0 Å². The van der Waals surface area contributed by atoms with Crippen LogP contribution in [-0.4, -0.2) is 48.0 Å². The zero-order valence-electron chi connectivity index (χ0n) is 25.1. The lowest BCUT2D eigenvalue weighted by Crippen LogP contribution is -2.29. The van der Waals surface area contributed by atoms with Crippen LogP contribution in [0.25, 0.3) is 18.2 Å². The molecular weight excluding hydrogens is 556 g/mol. The van der Waals surface area contributed by atoms with Crippen molar-refractivity contribution in [2.75, 3.05) is 20.8 Å². The number of carbonyl (C=O) groups is 2. The fraction of sp³-hybridized carbons (Fsp3) is 0.222. The summed E-state index contributed by atoms with van der Waals surface area (Å²) in [6, 6.07) is 12.9. The van der Waals surface area contributed by atoms with Crippen molar-refractivity contribution in [2.45, 2.75) is 31.8 Å². The average molecular weight is 591 g/mol. The highest BCUT2D eigenvalue weighted by Crippen LogP contribution is 2.47. The molecule has 8 heteroatoms. The topological polar surface area (TPSA) is 103 Å². The zero-order valence-corrected chi connectivity index (χ0v) is 25.1. The zero-order chi connectivity index (χ0) is 30.8. The highest BCUT2D eigenvalue weighted by Gasteiger charge is 2.32. The molecule has 224 valence electrons. The fourth-order valence-corrected chi connectivity index (χ4v) is 5.63. The van der Waals surface area contributed by atoms with Crippen LogP contribution < -0.4 is 18.9 Å². The molecule has 0 aliphatic carbocycles. The van der Waals surface area contributed by atoms with Crippen LogP contribution in [0.3, 0.4) is 0 Å². The number of methoxy groups -OCH3 is 2. The number of rotatable bonds is 9. The second-order valence-corrected chi connectivity index (χ2v) is 11.3. The molecule has 8 nitrogen and oxygen atoms in total. The number of carbonyl (C=O) groups excluding carboxylic acids is 2. The minimum Gasteiger partial charge on any atom is -0.496 e. The molecule has 2 aliphatic heterocycles. The van der Waals surface area contributed by atoms with Gasteiger partial charge in [-0.1, -0.05) is 0 Å². The van der Waals surface area contributed by atoms with E-state index in [1.807, 2.05) is 44.2 Å². The highest BCUT2D eigenvalue weighted by molar-refractivity contribution is 6.06. The van der Waals surface area contributed by atoms with E-state index < -0.39 is 5.60 Å². The van der Waals surface area contributed by atoms with E-state index in [2.05, 4.69) is 9.97 Å². The first kappa shape index (κ1) is 28.9. The molecule has 2 aromatic carbocycles. The van der Waals surface area contributed by atoms with Gasteiger partial charge in [0, 0.05) is 41.1 Å². The van der Waals surface area contributed by atoms with Crippen LogP contribution in [0.15, 0.2) is 73.1 Å². The third-order valence-electron chi connectivity index (χ3n) is 7.86. The number of hydrogen-bond acceptors (Lipinski definition) is 6. The smallest absolute Gasteiger partial charge is 0.201 e. The van der Waals surface area contributed by atoms with Gasteiger partial charge in [-0.05, 0) is 98.7 Å². The van der Waals surface area contributed by atoms with Gasteiger partial charge in [-0.25, -0.2) is 0 Å². The summed E-state index contributed by atoms with van der Waals surface area (Å²) in [5.74, 6) is 2.42. The van der Waals surface area contributed by atoms with Crippen molar-refractivity contribution in [3.05, 3.63) is 112 Å². The van der Waals surface area contributed by atoms with Gasteiger partial charge in [0.15, 0.2) is 0 Å². The fourth-order valence-electron chi connectivity index (χ4n) is 5.63. The Kier molecular flexibility index (Phi) is 7.74. The van der Waals surface area contributed by atoms with Crippen molar-refractivity contribution < 1.29 is 28.5 Å². The minimum absolute atomic E-state index is 0.0463. The summed E-state index contributed by atoms with van der Waals surface area (Å²) >= 11 is 0. The highest BCUT2D eigenvalue weighted by atomic mass is 16.5. The molecule has 0 fully saturated rings. The molecule has 1 atom stereocenters. The second-order valence-electron chi connectivity index (χ2n) is 11.3. The Balaban J connectivity index is 1.36. The Morgan fingerprint density at radius 1 is 0.886 bits per heavy atom. The maximum absolute atomic E-state index is 12.8. The summed E-state index contributed by atoms with van der Waals surface area (Å²) in [5, 5.41) is 0. The quantitative estimate of drug-likeness (QED) is 0.160. The maximum atomic E-state index is 12.8. The van der Waals surface area contributed by atoms with E-state index in [-0.39, 0.29) is 17.5 Å². The van der Waals surface area contributed by atoms with Crippen LogP contribution in [0.5, 0.6) is 23.0 Å². The van der Waals surface area contributed by atoms with Crippen molar-refractivity contribution >= 4 is 29.8 Å². The van der Waals surface area contributed by atoms with E-state index in [1.54, 1.807) is 69.1 Å². The van der Waals surface area contributed by atoms with E-state index >= 15 is 0 Å². The van der Waals surface area contributed by atoms with Gasteiger partial charge in [-0.2, -0.15) is 0 Å². The lowest BCUT2D eigenvalue weighted by Gasteiger charge is -2.34. The molecule has 2 N–H and O–H groups in total. The summed E-state index contributed by atoms with van der Waals surface area (Å²) in [4.78, 5) is 31.3. The van der Waals surface area contributed by atoms with Crippen LogP contribution in [0.1, 0.15) is 68.6 Å². The molecule has 0 saturated heterocycles. The molecule has 0 saturated carbocycles.